The van der Waals surface area contributed by atoms with Crippen LogP contribution in [0.3, 0.4) is 0 Å². The summed E-state index contributed by atoms with van der Waals surface area (Å²) in [6.07, 6.45) is 0. The first-order chi connectivity index (χ1) is 12.6. The van der Waals surface area contributed by atoms with Crippen molar-refractivity contribution in [3.8, 4) is 11.1 Å². The molecule has 4 rings (SSSR count). The molecule has 0 bridgehead atoms. The minimum absolute atomic E-state index is 0.204. The van der Waals surface area contributed by atoms with E-state index in [9.17, 15) is 14.4 Å². The van der Waals surface area contributed by atoms with Gasteiger partial charge in [0.2, 0.25) is 11.8 Å². The van der Waals surface area contributed by atoms with Gasteiger partial charge in [0, 0.05) is 18.8 Å². The minimum atomic E-state index is -1.29. The van der Waals surface area contributed by atoms with Crippen LogP contribution in [0.25, 0.3) is 11.1 Å². The van der Waals surface area contributed by atoms with E-state index in [0.29, 0.717) is 18.8 Å². The third-order valence-corrected chi connectivity index (χ3v) is 4.98. The fraction of sp³-hybridized carbons (Fsp3) is 0.250. The predicted molar refractivity (Wildman–Crippen MR) is 97.3 cm³/mol. The Hall–Kier alpha value is -2.99. The number of fused-ring (bicyclic) bond motifs is 1. The molecule has 2 aliphatic heterocycles. The van der Waals surface area contributed by atoms with Gasteiger partial charge in [-0.05, 0) is 23.3 Å². The third kappa shape index (κ3) is 2.99. The molecule has 2 aromatic carbocycles. The summed E-state index contributed by atoms with van der Waals surface area (Å²) in [7, 11) is 0. The average Bonchev–Trinajstić information content (AvgIpc) is 3.12. The second kappa shape index (κ2) is 6.72. The molecule has 2 aromatic rings. The first-order valence-electron chi connectivity index (χ1n) is 8.64. The fourth-order valence-electron chi connectivity index (χ4n) is 3.58. The Morgan fingerprint density at radius 2 is 1.62 bits per heavy atom. The highest BCUT2D eigenvalue weighted by Gasteiger charge is 2.48. The van der Waals surface area contributed by atoms with Gasteiger partial charge in [0.25, 0.3) is 0 Å². The lowest BCUT2D eigenvalue weighted by Crippen LogP contribution is -2.57. The number of carbonyl (C=O) groups excluding carboxylic acids is 3. The van der Waals surface area contributed by atoms with Gasteiger partial charge in [-0.1, -0.05) is 42.5 Å². The molecule has 0 spiro atoms. The highest BCUT2D eigenvalue weighted by Crippen LogP contribution is 2.24. The number of hydrogen-bond acceptors (Lipinski definition) is 4. The monoisotopic (exact) mass is 349 g/mol. The lowest BCUT2D eigenvalue weighted by atomic mass is 9.84. The predicted octanol–water partition coefficient (Wildman–Crippen LogP) is 1.20. The van der Waals surface area contributed by atoms with E-state index in [-0.39, 0.29) is 17.7 Å². The van der Waals surface area contributed by atoms with Gasteiger partial charge < -0.3 is 16.0 Å². The summed E-state index contributed by atoms with van der Waals surface area (Å²) in [6, 6.07) is 17.0. The van der Waals surface area contributed by atoms with E-state index in [0.717, 1.165) is 11.1 Å². The van der Waals surface area contributed by atoms with Crippen molar-refractivity contribution >= 4 is 23.3 Å². The van der Waals surface area contributed by atoms with Crippen LogP contribution in [0.15, 0.2) is 54.6 Å². The Morgan fingerprint density at radius 1 is 0.923 bits per heavy atom. The van der Waals surface area contributed by atoms with Crippen LogP contribution >= 0.6 is 0 Å². The van der Waals surface area contributed by atoms with E-state index < -0.39 is 17.7 Å². The second-order valence-corrected chi connectivity index (χ2v) is 6.65. The topological polar surface area (TPSA) is 87.3 Å². The standard InChI is InChI=1S/C20H19N3O3/c24-18-15-10-21-11-16(15)23-20(26)17(18)19(25)22-14-8-6-13(7-9-14)12-4-2-1-3-5-12/h1-9,15-17,21H,10-11H2,(H,22,25)(H,23,26)/t15-,16-,17?/m0/s1. The van der Waals surface area contributed by atoms with Crippen LogP contribution in [0.5, 0.6) is 0 Å². The van der Waals surface area contributed by atoms with E-state index in [1.165, 1.54) is 0 Å². The maximum atomic E-state index is 12.5. The largest absolute Gasteiger partial charge is 0.350 e. The van der Waals surface area contributed by atoms with E-state index in [2.05, 4.69) is 16.0 Å². The van der Waals surface area contributed by atoms with Crippen LogP contribution in [0.1, 0.15) is 0 Å². The molecule has 132 valence electrons. The Kier molecular flexibility index (Phi) is 4.26. The molecule has 26 heavy (non-hydrogen) atoms. The number of amides is 2. The van der Waals surface area contributed by atoms with Crippen LogP contribution in [-0.4, -0.2) is 36.7 Å². The van der Waals surface area contributed by atoms with Crippen molar-refractivity contribution in [2.24, 2.45) is 11.8 Å². The average molecular weight is 349 g/mol. The first-order valence-corrected chi connectivity index (χ1v) is 8.64. The summed E-state index contributed by atoms with van der Waals surface area (Å²) < 4.78 is 0. The molecule has 2 amide bonds. The number of anilines is 1. The number of piperidine rings is 1. The van der Waals surface area contributed by atoms with Crippen molar-refractivity contribution < 1.29 is 14.4 Å². The van der Waals surface area contributed by atoms with Crippen molar-refractivity contribution in [2.45, 2.75) is 6.04 Å². The molecule has 2 heterocycles. The molecule has 0 aromatic heterocycles. The molecule has 6 nitrogen and oxygen atoms in total. The molecule has 3 N–H and O–H groups in total. The van der Waals surface area contributed by atoms with Crippen LogP contribution in [0, 0.1) is 11.8 Å². The number of nitrogens with one attached hydrogen (secondary N) is 3. The van der Waals surface area contributed by atoms with Crippen LogP contribution in [0.4, 0.5) is 5.69 Å². The number of benzene rings is 2. The van der Waals surface area contributed by atoms with E-state index in [4.69, 9.17) is 0 Å². The van der Waals surface area contributed by atoms with Gasteiger partial charge >= 0.3 is 0 Å². The molecular weight excluding hydrogens is 330 g/mol. The van der Waals surface area contributed by atoms with E-state index >= 15 is 0 Å². The Labute approximate surface area is 151 Å². The maximum absolute atomic E-state index is 12.5. The number of carbonyl (C=O) groups is 3. The Bertz CT molecular complexity index is 848. The zero-order valence-corrected chi connectivity index (χ0v) is 14.1. The SMILES string of the molecule is O=C(Nc1ccc(-c2ccccc2)cc1)C1C(=O)N[C@H]2CNC[C@@H]2C1=O. The van der Waals surface area contributed by atoms with Crippen LogP contribution in [-0.2, 0) is 14.4 Å². The van der Waals surface area contributed by atoms with E-state index in [1.54, 1.807) is 12.1 Å². The molecule has 0 aliphatic carbocycles. The van der Waals surface area contributed by atoms with E-state index in [1.807, 2.05) is 42.5 Å². The van der Waals surface area contributed by atoms with Gasteiger partial charge in [0.1, 0.15) is 0 Å². The molecule has 2 fully saturated rings. The number of rotatable bonds is 3. The smallest absolute Gasteiger partial charge is 0.244 e. The van der Waals surface area contributed by atoms with Gasteiger partial charge in [-0.15, -0.1) is 0 Å². The van der Waals surface area contributed by atoms with Crippen LogP contribution in [0.2, 0.25) is 0 Å². The van der Waals surface area contributed by atoms with Crippen molar-refractivity contribution in [2.75, 3.05) is 18.4 Å². The van der Waals surface area contributed by atoms with Gasteiger partial charge in [0.05, 0.1) is 12.0 Å². The number of ketones is 1. The molecule has 2 saturated heterocycles. The summed E-state index contributed by atoms with van der Waals surface area (Å²) in [4.78, 5) is 37.2. The van der Waals surface area contributed by atoms with Crippen molar-refractivity contribution in [3.63, 3.8) is 0 Å². The zero-order valence-electron chi connectivity index (χ0n) is 14.1. The summed E-state index contributed by atoms with van der Waals surface area (Å²) in [5.74, 6) is -3.01. The van der Waals surface area contributed by atoms with Crippen LogP contribution < -0.4 is 16.0 Å². The third-order valence-electron chi connectivity index (χ3n) is 4.98. The first kappa shape index (κ1) is 16.5. The second-order valence-electron chi connectivity index (χ2n) is 6.65. The van der Waals surface area contributed by atoms with Gasteiger partial charge in [-0.2, -0.15) is 0 Å². The summed E-state index contributed by atoms with van der Waals surface area (Å²) in [5.41, 5.74) is 2.66. The van der Waals surface area contributed by atoms with Gasteiger partial charge in [-0.3, -0.25) is 14.4 Å². The molecule has 6 heteroatoms. The maximum Gasteiger partial charge on any atom is 0.244 e. The normalized spacial score (nSPS) is 24.7. The van der Waals surface area contributed by atoms with Crippen molar-refractivity contribution in [3.05, 3.63) is 54.6 Å². The number of hydrogen-bond donors (Lipinski definition) is 3. The van der Waals surface area contributed by atoms with Gasteiger partial charge in [-0.25, -0.2) is 0 Å². The summed E-state index contributed by atoms with van der Waals surface area (Å²) >= 11 is 0. The lowest BCUT2D eigenvalue weighted by molar-refractivity contribution is -0.145. The molecule has 3 atom stereocenters. The minimum Gasteiger partial charge on any atom is -0.350 e. The Morgan fingerprint density at radius 3 is 2.35 bits per heavy atom. The Balaban J connectivity index is 1.47. The number of Topliss-reactive ketones (excluding diaryl/α,β-unsaturated/α-hetero) is 1. The summed E-state index contributed by atoms with van der Waals surface area (Å²) in [5, 5.41) is 8.54. The fourth-order valence-corrected chi connectivity index (χ4v) is 3.58. The highest BCUT2D eigenvalue weighted by atomic mass is 16.2. The van der Waals surface area contributed by atoms with Crippen molar-refractivity contribution in [1.82, 2.24) is 10.6 Å². The van der Waals surface area contributed by atoms with Crippen molar-refractivity contribution in [1.29, 1.82) is 0 Å². The zero-order chi connectivity index (χ0) is 18.1. The quantitative estimate of drug-likeness (QED) is 0.727. The molecule has 0 radical (unpaired) electrons. The van der Waals surface area contributed by atoms with Gasteiger partial charge in [0.15, 0.2) is 11.7 Å². The summed E-state index contributed by atoms with van der Waals surface area (Å²) in [6.45, 7) is 1.07. The molecular formula is C20H19N3O3. The lowest BCUT2D eigenvalue weighted by Gasteiger charge is -2.29. The molecule has 1 unspecified atom stereocenters. The molecule has 0 saturated carbocycles. The highest BCUT2D eigenvalue weighted by molar-refractivity contribution is 6.23. The molecule has 2 aliphatic rings.